The maximum atomic E-state index is 6.19. The Kier molecular flexibility index (Phi) is 4.86. The number of benzene rings is 1. The summed E-state index contributed by atoms with van der Waals surface area (Å²) in [5, 5.41) is 0. The monoisotopic (exact) mass is 234 g/mol. The molecular formula is C15H26N2. The summed E-state index contributed by atoms with van der Waals surface area (Å²) in [5.74, 6) is 1.29. The summed E-state index contributed by atoms with van der Waals surface area (Å²) in [7, 11) is 0. The summed E-state index contributed by atoms with van der Waals surface area (Å²) in [6.45, 7) is 13.2. The van der Waals surface area contributed by atoms with Gasteiger partial charge in [0.1, 0.15) is 0 Å². The van der Waals surface area contributed by atoms with E-state index in [2.05, 4.69) is 57.7 Å². The van der Waals surface area contributed by atoms with E-state index in [4.69, 9.17) is 5.73 Å². The number of nitrogens with two attached hydrogens (primary N) is 1. The number of aryl methyl sites for hydroxylation is 1. The molecule has 0 bridgehead atoms. The van der Waals surface area contributed by atoms with Crippen LogP contribution in [0.2, 0.25) is 0 Å². The van der Waals surface area contributed by atoms with Gasteiger partial charge in [0.2, 0.25) is 0 Å². The normalized spacial score (nSPS) is 11.2. The van der Waals surface area contributed by atoms with E-state index in [0.29, 0.717) is 11.8 Å². The lowest BCUT2D eigenvalue weighted by molar-refractivity contribution is 0.553. The fourth-order valence-electron chi connectivity index (χ4n) is 2.09. The first-order valence-electron chi connectivity index (χ1n) is 6.51. The summed E-state index contributed by atoms with van der Waals surface area (Å²) >= 11 is 0. The highest BCUT2D eigenvalue weighted by Crippen LogP contribution is 2.27. The lowest BCUT2D eigenvalue weighted by Crippen LogP contribution is -2.32. The molecule has 0 aliphatic rings. The molecule has 2 N–H and O–H groups in total. The van der Waals surface area contributed by atoms with Crippen molar-refractivity contribution in [1.29, 1.82) is 0 Å². The maximum Gasteiger partial charge on any atom is 0.0602 e. The smallest absolute Gasteiger partial charge is 0.0602 e. The number of hydrogen-bond acceptors (Lipinski definition) is 2. The molecule has 0 fully saturated rings. The van der Waals surface area contributed by atoms with Crippen LogP contribution >= 0.6 is 0 Å². The Balaban J connectivity index is 2.99. The highest BCUT2D eigenvalue weighted by Gasteiger charge is 2.13. The molecule has 17 heavy (non-hydrogen) atoms. The highest BCUT2D eigenvalue weighted by atomic mass is 15.1. The predicted molar refractivity (Wildman–Crippen MR) is 77.5 cm³/mol. The Morgan fingerprint density at radius 1 is 1.06 bits per heavy atom. The molecule has 0 saturated carbocycles. The van der Waals surface area contributed by atoms with Gasteiger partial charge in [0.05, 0.1) is 11.4 Å². The molecule has 2 heteroatoms. The summed E-state index contributed by atoms with van der Waals surface area (Å²) in [6.07, 6.45) is 0. The molecule has 0 spiro atoms. The third kappa shape index (κ3) is 3.95. The zero-order valence-corrected chi connectivity index (χ0v) is 11.8. The van der Waals surface area contributed by atoms with Crippen molar-refractivity contribution in [1.82, 2.24) is 0 Å². The molecule has 96 valence electrons. The van der Waals surface area contributed by atoms with Crippen molar-refractivity contribution < 1.29 is 0 Å². The average Bonchev–Trinajstić information content (AvgIpc) is 2.19. The fraction of sp³-hybridized carbons (Fsp3) is 0.600. The first-order valence-corrected chi connectivity index (χ1v) is 6.51. The van der Waals surface area contributed by atoms with Crippen LogP contribution in [0.25, 0.3) is 0 Å². The molecule has 0 aliphatic carbocycles. The Morgan fingerprint density at radius 3 is 2.06 bits per heavy atom. The number of nitrogens with zero attached hydrogens (tertiary/aromatic N) is 1. The lowest BCUT2D eigenvalue weighted by atomic mass is 10.1. The van der Waals surface area contributed by atoms with E-state index in [9.17, 15) is 0 Å². The molecule has 1 aromatic carbocycles. The van der Waals surface area contributed by atoms with Gasteiger partial charge in [-0.3, -0.25) is 0 Å². The van der Waals surface area contributed by atoms with E-state index in [1.807, 2.05) is 0 Å². The van der Waals surface area contributed by atoms with Crippen LogP contribution in [0.4, 0.5) is 11.4 Å². The Labute approximate surface area is 106 Å². The Hall–Kier alpha value is -1.18. The van der Waals surface area contributed by atoms with E-state index in [-0.39, 0.29) is 0 Å². The zero-order chi connectivity index (χ0) is 13.0. The SMILES string of the molecule is Cc1cccc(N(CC(C)C)CC(C)C)c1N. The van der Waals surface area contributed by atoms with Crippen LogP contribution in [0.15, 0.2) is 18.2 Å². The van der Waals surface area contributed by atoms with Gasteiger partial charge in [0.15, 0.2) is 0 Å². The van der Waals surface area contributed by atoms with Crippen LogP contribution in [-0.2, 0) is 0 Å². The van der Waals surface area contributed by atoms with Crippen molar-refractivity contribution in [3.63, 3.8) is 0 Å². The van der Waals surface area contributed by atoms with Crippen molar-refractivity contribution in [3.05, 3.63) is 23.8 Å². The van der Waals surface area contributed by atoms with Crippen molar-refractivity contribution in [2.75, 3.05) is 23.7 Å². The molecule has 0 unspecified atom stereocenters. The second kappa shape index (κ2) is 5.95. The lowest BCUT2D eigenvalue weighted by Gasteiger charge is -2.30. The minimum Gasteiger partial charge on any atom is -0.397 e. The average molecular weight is 234 g/mol. The van der Waals surface area contributed by atoms with Crippen molar-refractivity contribution in [2.45, 2.75) is 34.6 Å². The molecule has 2 nitrogen and oxygen atoms in total. The van der Waals surface area contributed by atoms with E-state index in [0.717, 1.165) is 18.8 Å². The quantitative estimate of drug-likeness (QED) is 0.787. The standard InChI is InChI=1S/C15H26N2/c1-11(2)9-17(10-12(3)4)14-8-6-7-13(5)15(14)16/h6-8,11-12H,9-10,16H2,1-5H3. The fourth-order valence-corrected chi connectivity index (χ4v) is 2.09. The first-order chi connectivity index (χ1) is 7.91. The maximum absolute atomic E-state index is 6.19. The number of hydrogen-bond donors (Lipinski definition) is 1. The van der Waals surface area contributed by atoms with Gasteiger partial charge in [-0.05, 0) is 30.4 Å². The second-order valence-electron chi connectivity index (χ2n) is 5.70. The van der Waals surface area contributed by atoms with Gasteiger partial charge in [0.25, 0.3) is 0 Å². The second-order valence-corrected chi connectivity index (χ2v) is 5.70. The van der Waals surface area contributed by atoms with E-state index < -0.39 is 0 Å². The van der Waals surface area contributed by atoms with Gasteiger partial charge in [-0.25, -0.2) is 0 Å². The predicted octanol–water partition coefficient (Wildman–Crippen LogP) is 3.70. The molecule has 0 aliphatic heterocycles. The number of rotatable bonds is 5. The van der Waals surface area contributed by atoms with Gasteiger partial charge in [0, 0.05) is 13.1 Å². The molecule has 0 heterocycles. The highest BCUT2D eigenvalue weighted by molar-refractivity contribution is 5.70. The third-order valence-electron chi connectivity index (χ3n) is 2.81. The van der Waals surface area contributed by atoms with Gasteiger partial charge >= 0.3 is 0 Å². The van der Waals surface area contributed by atoms with Gasteiger partial charge in [-0.2, -0.15) is 0 Å². The third-order valence-corrected chi connectivity index (χ3v) is 2.81. The molecule has 0 aromatic heterocycles. The number of anilines is 2. The van der Waals surface area contributed by atoms with Crippen molar-refractivity contribution in [3.8, 4) is 0 Å². The molecule has 1 aromatic rings. The minimum absolute atomic E-state index is 0.647. The van der Waals surface area contributed by atoms with Crippen LogP contribution in [0, 0.1) is 18.8 Å². The van der Waals surface area contributed by atoms with E-state index in [1.165, 1.54) is 11.3 Å². The Morgan fingerprint density at radius 2 is 1.59 bits per heavy atom. The van der Waals surface area contributed by atoms with Gasteiger partial charge in [-0.15, -0.1) is 0 Å². The van der Waals surface area contributed by atoms with E-state index >= 15 is 0 Å². The van der Waals surface area contributed by atoms with Crippen LogP contribution in [0.1, 0.15) is 33.3 Å². The molecule has 0 atom stereocenters. The summed E-state index contributed by atoms with van der Waals surface area (Å²) in [6, 6.07) is 6.30. The van der Waals surface area contributed by atoms with Crippen molar-refractivity contribution >= 4 is 11.4 Å². The zero-order valence-electron chi connectivity index (χ0n) is 11.8. The van der Waals surface area contributed by atoms with Crippen LogP contribution < -0.4 is 10.6 Å². The largest absolute Gasteiger partial charge is 0.397 e. The molecular weight excluding hydrogens is 208 g/mol. The molecule has 0 amide bonds. The first kappa shape index (κ1) is 13.9. The summed E-state index contributed by atoms with van der Waals surface area (Å²) in [5.41, 5.74) is 9.47. The molecule has 0 radical (unpaired) electrons. The molecule has 0 saturated heterocycles. The number of para-hydroxylation sites is 1. The van der Waals surface area contributed by atoms with Crippen LogP contribution in [0.3, 0.4) is 0 Å². The van der Waals surface area contributed by atoms with Crippen LogP contribution in [0.5, 0.6) is 0 Å². The van der Waals surface area contributed by atoms with Crippen LogP contribution in [-0.4, -0.2) is 13.1 Å². The summed E-state index contributed by atoms with van der Waals surface area (Å²) < 4.78 is 0. The number of nitrogen functional groups attached to an aromatic ring is 1. The Bertz CT molecular complexity index is 346. The minimum atomic E-state index is 0.647. The topological polar surface area (TPSA) is 29.3 Å². The van der Waals surface area contributed by atoms with Gasteiger partial charge in [-0.1, -0.05) is 39.8 Å². The summed E-state index contributed by atoms with van der Waals surface area (Å²) in [4.78, 5) is 2.41. The van der Waals surface area contributed by atoms with Gasteiger partial charge < -0.3 is 10.6 Å². The van der Waals surface area contributed by atoms with E-state index in [1.54, 1.807) is 0 Å². The van der Waals surface area contributed by atoms with Crippen molar-refractivity contribution in [2.24, 2.45) is 11.8 Å². The molecule has 1 rings (SSSR count).